The summed E-state index contributed by atoms with van der Waals surface area (Å²) < 4.78 is 11.2. The minimum absolute atomic E-state index is 0.0215. The van der Waals surface area contributed by atoms with Crippen molar-refractivity contribution in [1.82, 2.24) is 5.32 Å². The Labute approximate surface area is 94.8 Å². The van der Waals surface area contributed by atoms with Gasteiger partial charge in [0.25, 0.3) is 0 Å². The SMILES string of the molecule is CC[Si](CC(C)(C)NCCN)(OC)OC. The van der Waals surface area contributed by atoms with E-state index in [9.17, 15) is 0 Å². The Morgan fingerprint density at radius 1 is 1.27 bits per heavy atom. The summed E-state index contributed by atoms with van der Waals surface area (Å²) in [6.45, 7) is 7.94. The molecular formula is C10H26N2O2Si. The molecule has 0 aliphatic rings. The molecule has 0 aromatic carbocycles. The monoisotopic (exact) mass is 234 g/mol. The van der Waals surface area contributed by atoms with Crippen molar-refractivity contribution < 1.29 is 8.85 Å². The summed E-state index contributed by atoms with van der Waals surface area (Å²) in [7, 11) is 1.49. The summed E-state index contributed by atoms with van der Waals surface area (Å²) >= 11 is 0. The van der Waals surface area contributed by atoms with Gasteiger partial charge in [-0.1, -0.05) is 6.92 Å². The van der Waals surface area contributed by atoms with Crippen molar-refractivity contribution in [3.63, 3.8) is 0 Å². The lowest BCUT2D eigenvalue weighted by Crippen LogP contribution is -2.52. The zero-order chi connectivity index (χ0) is 11.9. The lowest BCUT2D eigenvalue weighted by Gasteiger charge is -2.35. The van der Waals surface area contributed by atoms with Crippen LogP contribution < -0.4 is 11.1 Å². The van der Waals surface area contributed by atoms with Crippen LogP contribution in [0.4, 0.5) is 0 Å². The highest BCUT2D eigenvalue weighted by Gasteiger charge is 2.39. The molecule has 0 amide bonds. The maximum Gasteiger partial charge on any atom is 0.339 e. The number of nitrogens with one attached hydrogen (secondary N) is 1. The third-order valence-corrected chi connectivity index (χ3v) is 6.73. The first kappa shape index (κ1) is 15.1. The van der Waals surface area contributed by atoms with Gasteiger partial charge in [-0.15, -0.1) is 0 Å². The van der Waals surface area contributed by atoms with Crippen LogP contribution in [0.3, 0.4) is 0 Å². The normalized spacial score (nSPS) is 13.2. The number of hydrogen-bond donors (Lipinski definition) is 2. The van der Waals surface area contributed by atoms with Gasteiger partial charge in [0.15, 0.2) is 0 Å². The van der Waals surface area contributed by atoms with E-state index in [-0.39, 0.29) is 5.54 Å². The number of nitrogens with two attached hydrogens (primary N) is 1. The first-order chi connectivity index (χ1) is 6.95. The Morgan fingerprint density at radius 2 is 1.80 bits per heavy atom. The van der Waals surface area contributed by atoms with Gasteiger partial charge in [-0.2, -0.15) is 0 Å². The van der Waals surface area contributed by atoms with Crippen molar-refractivity contribution >= 4 is 8.56 Å². The van der Waals surface area contributed by atoms with E-state index in [4.69, 9.17) is 14.6 Å². The third-order valence-electron chi connectivity index (χ3n) is 2.74. The molecule has 0 aliphatic carbocycles. The van der Waals surface area contributed by atoms with Gasteiger partial charge in [0.05, 0.1) is 0 Å². The number of rotatable bonds is 8. The molecule has 92 valence electrons. The fourth-order valence-corrected chi connectivity index (χ4v) is 4.54. The number of hydrogen-bond acceptors (Lipinski definition) is 4. The smallest absolute Gasteiger partial charge is 0.339 e. The van der Waals surface area contributed by atoms with Gasteiger partial charge in [-0.3, -0.25) is 0 Å². The molecular weight excluding hydrogens is 208 g/mol. The fraction of sp³-hybridized carbons (Fsp3) is 1.00. The summed E-state index contributed by atoms with van der Waals surface area (Å²) in [4.78, 5) is 0. The van der Waals surface area contributed by atoms with Gasteiger partial charge in [-0.25, -0.2) is 0 Å². The maximum atomic E-state index is 5.60. The topological polar surface area (TPSA) is 56.5 Å². The van der Waals surface area contributed by atoms with Crippen LogP contribution in [0.1, 0.15) is 20.8 Å². The van der Waals surface area contributed by atoms with E-state index in [1.807, 2.05) is 0 Å². The van der Waals surface area contributed by atoms with Crippen LogP contribution in [-0.2, 0) is 8.85 Å². The standard InChI is InChI=1S/C10H26N2O2Si/c1-6-15(13-4,14-5)9-10(2,3)12-8-7-11/h12H,6-9,11H2,1-5H3. The van der Waals surface area contributed by atoms with Gasteiger partial charge in [0.2, 0.25) is 0 Å². The molecule has 15 heavy (non-hydrogen) atoms. The Kier molecular flexibility index (Phi) is 6.62. The second-order valence-corrected chi connectivity index (χ2v) is 8.15. The zero-order valence-corrected chi connectivity index (χ0v) is 11.7. The van der Waals surface area contributed by atoms with E-state index in [1.54, 1.807) is 14.2 Å². The summed E-state index contributed by atoms with van der Waals surface area (Å²) in [5.41, 5.74) is 5.50. The molecule has 0 spiro atoms. The Bertz CT molecular complexity index is 165. The Balaban J connectivity index is 4.37. The molecule has 3 N–H and O–H groups in total. The van der Waals surface area contributed by atoms with Crippen molar-refractivity contribution in [2.45, 2.75) is 38.4 Å². The molecule has 0 bridgehead atoms. The van der Waals surface area contributed by atoms with Gasteiger partial charge in [0, 0.05) is 38.9 Å². The van der Waals surface area contributed by atoms with E-state index in [0.717, 1.165) is 18.6 Å². The zero-order valence-electron chi connectivity index (χ0n) is 10.7. The molecule has 0 rings (SSSR count). The molecule has 0 radical (unpaired) electrons. The van der Waals surface area contributed by atoms with E-state index in [0.29, 0.717) is 6.54 Å². The van der Waals surface area contributed by atoms with Crippen LogP contribution in [0.15, 0.2) is 0 Å². The Hall–Kier alpha value is 0.0569. The summed E-state index contributed by atoms with van der Waals surface area (Å²) in [5, 5.41) is 3.42. The van der Waals surface area contributed by atoms with E-state index < -0.39 is 8.56 Å². The maximum absolute atomic E-state index is 5.60. The molecule has 5 heteroatoms. The molecule has 0 unspecified atom stereocenters. The Morgan fingerprint density at radius 3 is 2.13 bits per heavy atom. The van der Waals surface area contributed by atoms with Gasteiger partial charge < -0.3 is 19.9 Å². The predicted molar refractivity (Wildman–Crippen MR) is 66.2 cm³/mol. The molecule has 0 heterocycles. The molecule has 0 aliphatic heterocycles. The van der Waals surface area contributed by atoms with Crippen LogP contribution in [-0.4, -0.2) is 41.4 Å². The second kappa shape index (κ2) is 6.60. The molecule has 0 saturated heterocycles. The second-order valence-electron chi connectivity index (χ2n) is 4.45. The largest absolute Gasteiger partial charge is 0.398 e. The summed E-state index contributed by atoms with van der Waals surface area (Å²) in [6.07, 6.45) is 0. The molecule has 0 aromatic heterocycles. The van der Waals surface area contributed by atoms with E-state index in [1.165, 1.54) is 0 Å². The van der Waals surface area contributed by atoms with Crippen LogP contribution in [0.25, 0.3) is 0 Å². The molecule has 0 saturated carbocycles. The quantitative estimate of drug-likeness (QED) is 0.617. The average Bonchev–Trinajstić information content (AvgIpc) is 2.23. The van der Waals surface area contributed by atoms with Crippen LogP contribution in [0.5, 0.6) is 0 Å². The first-order valence-corrected chi connectivity index (χ1v) is 7.74. The minimum Gasteiger partial charge on any atom is -0.398 e. The predicted octanol–water partition coefficient (Wildman–Crippen LogP) is 1.07. The molecule has 4 nitrogen and oxygen atoms in total. The van der Waals surface area contributed by atoms with Crippen LogP contribution >= 0.6 is 0 Å². The van der Waals surface area contributed by atoms with Crippen LogP contribution in [0, 0.1) is 0 Å². The highest BCUT2D eigenvalue weighted by atomic mass is 28.4. The highest BCUT2D eigenvalue weighted by molar-refractivity contribution is 6.67. The first-order valence-electron chi connectivity index (χ1n) is 5.50. The average molecular weight is 234 g/mol. The van der Waals surface area contributed by atoms with Gasteiger partial charge >= 0.3 is 8.56 Å². The lowest BCUT2D eigenvalue weighted by molar-refractivity contribution is 0.228. The molecule has 0 fully saturated rings. The van der Waals surface area contributed by atoms with Crippen molar-refractivity contribution in [2.24, 2.45) is 5.73 Å². The fourth-order valence-electron chi connectivity index (χ4n) is 1.79. The summed E-state index contributed by atoms with van der Waals surface area (Å²) in [6, 6.07) is 1.90. The van der Waals surface area contributed by atoms with Crippen molar-refractivity contribution in [3.8, 4) is 0 Å². The van der Waals surface area contributed by atoms with Crippen molar-refractivity contribution in [3.05, 3.63) is 0 Å². The van der Waals surface area contributed by atoms with Gasteiger partial charge in [0.1, 0.15) is 0 Å². The lowest BCUT2D eigenvalue weighted by atomic mass is 10.1. The van der Waals surface area contributed by atoms with Crippen LogP contribution in [0.2, 0.25) is 12.1 Å². The molecule has 0 atom stereocenters. The highest BCUT2D eigenvalue weighted by Crippen LogP contribution is 2.24. The van der Waals surface area contributed by atoms with Gasteiger partial charge in [-0.05, 0) is 19.9 Å². The van der Waals surface area contributed by atoms with E-state index in [2.05, 4.69) is 26.1 Å². The minimum atomic E-state index is -2.01. The summed E-state index contributed by atoms with van der Waals surface area (Å²) in [5.74, 6) is 0. The molecule has 0 aromatic rings. The van der Waals surface area contributed by atoms with E-state index >= 15 is 0 Å². The third kappa shape index (κ3) is 5.08. The van der Waals surface area contributed by atoms with Crippen molar-refractivity contribution in [2.75, 3.05) is 27.3 Å². The van der Waals surface area contributed by atoms with Crippen molar-refractivity contribution in [1.29, 1.82) is 0 Å².